The number of aromatic nitrogens is 4. The highest BCUT2D eigenvalue weighted by molar-refractivity contribution is 9.10. The highest BCUT2D eigenvalue weighted by Crippen LogP contribution is 2.32. The third kappa shape index (κ3) is 2.56. The van der Waals surface area contributed by atoms with Gasteiger partial charge in [-0.15, -0.1) is 5.10 Å². The van der Waals surface area contributed by atoms with Gasteiger partial charge in [0.2, 0.25) is 5.95 Å². The molecule has 3 rings (SSSR count). The number of rotatable bonds is 1. The van der Waals surface area contributed by atoms with Crippen molar-refractivity contribution in [3.8, 4) is 11.3 Å². The molecular formula is C12H7BrF3N5. The average Bonchev–Trinajstić information content (AvgIpc) is 2.76. The molecular weight excluding hydrogens is 351 g/mol. The summed E-state index contributed by atoms with van der Waals surface area (Å²) in [6.07, 6.45) is -4.60. The molecule has 2 aromatic heterocycles. The fourth-order valence-electron chi connectivity index (χ4n) is 1.88. The number of fused-ring (bicyclic) bond motifs is 1. The third-order valence-electron chi connectivity index (χ3n) is 2.74. The maximum atomic E-state index is 13.1. The summed E-state index contributed by atoms with van der Waals surface area (Å²) >= 11 is 3.27. The molecule has 0 aliphatic rings. The van der Waals surface area contributed by atoms with Crippen LogP contribution in [0.4, 0.5) is 19.1 Å². The van der Waals surface area contributed by atoms with E-state index in [0.29, 0.717) is 10.1 Å². The molecule has 0 aliphatic heterocycles. The molecule has 0 spiro atoms. The van der Waals surface area contributed by atoms with Gasteiger partial charge in [0.05, 0.1) is 5.69 Å². The van der Waals surface area contributed by atoms with Gasteiger partial charge in [-0.1, -0.05) is 28.1 Å². The van der Waals surface area contributed by atoms with Crippen LogP contribution < -0.4 is 5.73 Å². The second-order valence-electron chi connectivity index (χ2n) is 4.22. The molecule has 1 aromatic carbocycles. The van der Waals surface area contributed by atoms with Crippen LogP contribution in [-0.4, -0.2) is 19.6 Å². The average molecular weight is 358 g/mol. The summed E-state index contributed by atoms with van der Waals surface area (Å²) < 4.78 is 40.7. The van der Waals surface area contributed by atoms with Crippen molar-refractivity contribution in [3.05, 3.63) is 40.5 Å². The normalized spacial score (nSPS) is 12.0. The Morgan fingerprint density at radius 1 is 1.14 bits per heavy atom. The number of hydrogen-bond acceptors (Lipinski definition) is 4. The van der Waals surface area contributed by atoms with Crippen molar-refractivity contribution in [2.45, 2.75) is 6.18 Å². The van der Waals surface area contributed by atoms with Crippen molar-refractivity contribution in [2.75, 3.05) is 5.73 Å². The molecule has 0 saturated carbocycles. The predicted molar refractivity (Wildman–Crippen MR) is 73.3 cm³/mol. The summed E-state index contributed by atoms with van der Waals surface area (Å²) in [6.45, 7) is 0. The smallest absolute Gasteiger partial charge is 0.366 e. The molecule has 2 N–H and O–H groups in total. The monoisotopic (exact) mass is 357 g/mol. The highest BCUT2D eigenvalue weighted by Gasteiger charge is 2.35. The van der Waals surface area contributed by atoms with E-state index >= 15 is 0 Å². The van der Waals surface area contributed by atoms with Gasteiger partial charge in [-0.05, 0) is 18.2 Å². The third-order valence-corrected chi connectivity index (χ3v) is 3.23. The highest BCUT2D eigenvalue weighted by atomic mass is 79.9. The lowest BCUT2D eigenvalue weighted by Gasteiger charge is -2.10. The first kappa shape index (κ1) is 13.8. The van der Waals surface area contributed by atoms with E-state index in [9.17, 15) is 13.2 Å². The molecule has 0 unspecified atom stereocenters. The number of benzene rings is 1. The maximum Gasteiger partial charge on any atom is 0.433 e. The lowest BCUT2D eigenvalue weighted by atomic mass is 10.1. The van der Waals surface area contributed by atoms with E-state index in [1.165, 1.54) is 0 Å². The Kier molecular flexibility index (Phi) is 3.08. The molecule has 0 bridgehead atoms. The molecule has 0 radical (unpaired) electrons. The van der Waals surface area contributed by atoms with Crippen molar-refractivity contribution >= 4 is 27.7 Å². The fourth-order valence-corrected chi connectivity index (χ4v) is 2.28. The Balaban J connectivity index is 2.30. The van der Waals surface area contributed by atoms with E-state index in [-0.39, 0.29) is 17.4 Å². The van der Waals surface area contributed by atoms with Crippen LogP contribution in [0.15, 0.2) is 34.8 Å². The largest absolute Gasteiger partial charge is 0.433 e. The SMILES string of the molecule is Nc1nc2nc(-c3cccc(Br)c3)cc(C(F)(F)F)n2n1. The first-order valence-electron chi connectivity index (χ1n) is 5.71. The van der Waals surface area contributed by atoms with Crippen molar-refractivity contribution in [1.82, 2.24) is 19.6 Å². The van der Waals surface area contributed by atoms with Crippen molar-refractivity contribution in [1.29, 1.82) is 0 Å². The van der Waals surface area contributed by atoms with Crippen LogP contribution in [0.5, 0.6) is 0 Å². The van der Waals surface area contributed by atoms with Crippen LogP contribution in [0.2, 0.25) is 0 Å². The summed E-state index contributed by atoms with van der Waals surface area (Å²) in [5, 5.41) is 3.52. The quantitative estimate of drug-likeness (QED) is 0.726. The molecule has 108 valence electrons. The Morgan fingerprint density at radius 2 is 1.90 bits per heavy atom. The van der Waals surface area contributed by atoms with Gasteiger partial charge in [0.25, 0.3) is 5.78 Å². The van der Waals surface area contributed by atoms with Crippen LogP contribution in [0.1, 0.15) is 5.69 Å². The molecule has 21 heavy (non-hydrogen) atoms. The lowest BCUT2D eigenvalue weighted by Crippen LogP contribution is -2.14. The molecule has 2 heterocycles. The summed E-state index contributed by atoms with van der Waals surface area (Å²) in [5.74, 6) is -0.461. The maximum absolute atomic E-state index is 13.1. The van der Waals surface area contributed by atoms with Gasteiger partial charge in [-0.3, -0.25) is 0 Å². The summed E-state index contributed by atoms with van der Waals surface area (Å²) in [4.78, 5) is 7.77. The number of nitrogen functional groups attached to an aromatic ring is 1. The van der Waals surface area contributed by atoms with Crippen molar-refractivity contribution in [2.24, 2.45) is 0 Å². The Hall–Kier alpha value is -2.16. The second-order valence-corrected chi connectivity index (χ2v) is 5.13. The van der Waals surface area contributed by atoms with E-state index in [1.807, 2.05) is 0 Å². The van der Waals surface area contributed by atoms with Crippen LogP contribution in [0, 0.1) is 0 Å². The van der Waals surface area contributed by atoms with E-state index in [2.05, 4.69) is 31.0 Å². The molecule has 0 amide bonds. The molecule has 0 saturated heterocycles. The zero-order valence-corrected chi connectivity index (χ0v) is 11.9. The van der Waals surface area contributed by atoms with Crippen LogP contribution in [0.3, 0.4) is 0 Å². The van der Waals surface area contributed by atoms with Gasteiger partial charge in [0, 0.05) is 10.0 Å². The number of alkyl halides is 3. The number of nitrogens with zero attached hydrogens (tertiary/aromatic N) is 4. The molecule has 9 heteroatoms. The van der Waals surface area contributed by atoms with E-state index in [1.54, 1.807) is 24.3 Å². The minimum Gasteiger partial charge on any atom is -0.366 e. The number of nitrogens with two attached hydrogens (primary N) is 1. The van der Waals surface area contributed by atoms with Crippen LogP contribution in [-0.2, 0) is 6.18 Å². The number of anilines is 1. The van der Waals surface area contributed by atoms with Gasteiger partial charge >= 0.3 is 6.18 Å². The van der Waals surface area contributed by atoms with E-state index in [4.69, 9.17) is 5.73 Å². The van der Waals surface area contributed by atoms with Gasteiger partial charge in [0.1, 0.15) is 0 Å². The van der Waals surface area contributed by atoms with Gasteiger partial charge in [-0.2, -0.15) is 22.7 Å². The first-order chi connectivity index (χ1) is 9.84. The lowest BCUT2D eigenvalue weighted by molar-refractivity contribution is -0.142. The zero-order valence-electron chi connectivity index (χ0n) is 10.3. The zero-order chi connectivity index (χ0) is 15.2. The fraction of sp³-hybridized carbons (Fsp3) is 0.0833. The molecule has 0 fully saturated rings. The second kappa shape index (κ2) is 4.69. The van der Waals surface area contributed by atoms with E-state index < -0.39 is 11.9 Å². The van der Waals surface area contributed by atoms with Crippen LogP contribution >= 0.6 is 15.9 Å². The first-order valence-corrected chi connectivity index (χ1v) is 6.50. The molecule has 0 aliphatic carbocycles. The van der Waals surface area contributed by atoms with Gasteiger partial charge in [0.15, 0.2) is 5.69 Å². The molecule has 3 aromatic rings. The van der Waals surface area contributed by atoms with E-state index in [0.717, 1.165) is 10.5 Å². The Morgan fingerprint density at radius 3 is 2.57 bits per heavy atom. The van der Waals surface area contributed by atoms with Crippen LogP contribution in [0.25, 0.3) is 17.0 Å². The number of halogens is 4. The Bertz CT molecular complexity index is 827. The number of hydrogen-bond donors (Lipinski definition) is 1. The minimum absolute atomic E-state index is 0.142. The summed E-state index contributed by atoms with van der Waals surface area (Å²) in [7, 11) is 0. The summed E-state index contributed by atoms with van der Waals surface area (Å²) in [6, 6.07) is 7.71. The molecule has 0 atom stereocenters. The standard InChI is InChI=1S/C12H7BrF3N5/c13-7-3-1-2-6(4-7)8-5-9(12(14,15)16)21-11(18-8)19-10(17)20-21/h1-5H,(H2,17,20). The Labute approximate surface area is 124 Å². The van der Waals surface area contributed by atoms with Gasteiger partial charge < -0.3 is 5.73 Å². The summed E-state index contributed by atoms with van der Waals surface area (Å²) in [5.41, 5.74) is 5.05. The molecule has 5 nitrogen and oxygen atoms in total. The van der Waals surface area contributed by atoms with Crippen molar-refractivity contribution < 1.29 is 13.2 Å². The van der Waals surface area contributed by atoms with Crippen molar-refractivity contribution in [3.63, 3.8) is 0 Å². The predicted octanol–water partition coefficient (Wildman–Crippen LogP) is 3.15. The topological polar surface area (TPSA) is 69.1 Å². The minimum atomic E-state index is -4.60. The van der Waals surface area contributed by atoms with Gasteiger partial charge in [-0.25, -0.2) is 4.98 Å².